The van der Waals surface area contributed by atoms with Gasteiger partial charge in [0.15, 0.2) is 0 Å². The summed E-state index contributed by atoms with van der Waals surface area (Å²) in [6, 6.07) is 0. The SMILES string of the molecule is C=C(COC)C(=O)OCC(CO)CCC1CCC(C2CCC(CCCCC)CC2)CC1. The standard InChI is InChI=1S/C27H48O4/c1-4-5-6-7-22-10-14-25(15-11-22)26-16-12-23(13-17-26)8-9-24(18-28)20-31-27(29)21(2)19-30-3/h22-26,28H,2,4-20H2,1,3H3. The van der Waals surface area contributed by atoms with Crippen LogP contribution in [0.2, 0.25) is 0 Å². The molecule has 4 heteroatoms. The van der Waals surface area contributed by atoms with Gasteiger partial charge in [0.05, 0.1) is 18.8 Å². The minimum atomic E-state index is -0.416. The molecule has 2 rings (SSSR count). The van der Waals surface area contributed by atoms with Crippen molar-refractivity contribution in [1.29, 1.82) is 0 Å². The van der Waals surface area contributed by atoms with E-state index in [1.165, 1.54) is 84.2 Å². The smallest absolute Gasteiger partial charge is 0.335 e. The quantitative estimate of drug-likeness (QED) is 0.197. The third-order valence-electron chi connectivity index (χ3n) is 7.96. The minimum Gasteiger partial charge on any atom is -0.462 e. The van der Waals surface area contributed by atoms with Crippen LogP contribution >= 0.6 is 0 Å². The number of unbranched alkanes of at least 4 members (excludes halogenated alkanes) is 2. The lowest BCUT2D eigenvalue weighted by molar-refractivity contribution is -0.141. The number of hydrogen-bond donors (Lipinski definition) is 1. The Bertz CT molecular complexity index is 501. The third kappa shape index (κ3) is 9.65. The summed E-state index contributed by atoms with van der Waals surface area (Å²) in [6.45, 7) is 6.50. The molecule has 0 spiro atoms. The van der Waals surface area contributed by atoms with Crippen molar-refractivity contribution in [1.82, 2.24) is 0 Å². The second-order valence-electron chi connectivity index (χ2n) is 10.3. The van der Waals surface area contributed by atoms with E-state index in [0.717, 1.165) is 36.5 Å². The first-order valence-electron chi connectivity index (χ1n) is 13.0. The van der Waals surface area contributed by atoms with Gasteiger partial charge >= 0.3 is 5.97 Å². The largest absolute Gasteiger partial charge is 0.462 e. The molecule has 2 fully saturated rings. The first-order chi connectivity index (χ1) is 15.1. The zero-order valence-corrected chi connectivity index (χ0v) is 20.3. The summed E-state index contributed by atoms with van der Waals surface area (Å²) in [5, 5.41) is 9.67. The van der Waals surface area contributed by atoms with Crippen LogP contribution in [0.15, 0.2) is 12.2 Å². The molecule has 1 unspecified atom stereocenters. The maximum absolute atomic E-state index is 11.8. The zero-order chi connectivity index (χ0) is 22.5. The van der Waals surface area contributed by atoms with Crippen LogP contribution in [0, 0.1) is 29.6 Å². The topological polar surface area (TPSA) is 55.8 Å². The molecule has 0 aromatic carbocycles. The van der Waals surface area contributed by atoms with E-state index < -0.39 is 5.97 Å². The molecule has 0 bridgehead atoms. The van der Waals surface area contributed by atoms with Crippen LogP contribution in [0.5, 0.6) is 0 Å². The Balaban J connectivity index is 1.60. The van der Waals surface area contributed by atoms with E-state index in [2.05, 4.69) is 13.5 Å². The molecule has 180 valence electrons. The molecule has 1 atom stereocenters. The molecule has 0 aliphatic heterocycles. The molecule has 0 saturated heterocycles. The molecule has 2 aliphatic rings. The second kappa shape index (κ2) is 15.1. The molecule has 0 aromatic heterocycles. The summed E-state index contributed by atoms with van der Waals surface area (Å²) >= 11 is 0. The fourth-order valence-corrected chi connectivity index (χ4v) is 5.81. The second-order valence-corrected chi connectivity index (χ2v) is 10.3. The van der Waals surface area contributed by atoms with Gasteiger partial charge in [-0.05, 0) is 62.2 Å². The summed E-state index contributed by atoms with van der Waals surface area (Å²) in [5.74, 6) is 3.33. The maximum atomic E-state index is 11.8. The summed E-state index contributed by atoms with van der Waals surface area (Å²) < 4.78 is 10.2. The first-order valence-corrected chi connectivity index (χ1v) is 13.0. The van der Waals surface area contributed by atoms with E-state index in [-0.39, 0.29) is 25.7 Å². The van der Waals surface area contributed by atoms with Gasteiger partial charge in [0, 0.05) is 19.6 Å². The zero-order valence-electron chi connectivity index (χ0n) is 20.3. The van der Waals surface area contributed by atoms with Gasteiger partial charge in [-0.2, -0.15) is 0 Å². The molecule has 4 nitrogen and oxygen atoms in total. The molecule has 2 saturated carbocycles. The van der Waals surface area contributed by atoms with E-state index in [9.17, 15) is 9.90 Å². The number of ether oxygens (including phenoxy) is 2. The first kappa shape index (κ1) is 26.4. The number of aliphatic hydroxyl groups is 1. The van der Waals surface area contributed by atoms with Crippen LogP contribution in [-0.2, 0) is 14.3 Å². The number of rotatable bonds is 14. The van der Waals surface area contributed by atoms with E-state index in [1.807, 2.05) is 0 Å². The van der Waals surface area contributed by atoms with Crippen molar-refractivity contribution in [3.8, 4) is 0 Å². The highest BCUT2D eigenvalue weighted by Crippen LogP contribution is 2.43. The molecule has 1 N–H and O–H groups in total. The predicted octanol–water partition coefficient (Wildman–Crippen LogP) is 6.31. The van der Waals surface area contributed by atoms with Crippen molar-refractivity contribution < 1.29 is 19.4 Å². The molecular weight excluding hydrogens is 388 g/mol. The van der Waals surface area contributed by atoms with E-state index in [1.54, 1.807) is 0 Å². The lowest BCUT2D eigenvalue weighted by Gasteiger charge is -2.38. The van der Waals surface area contributed by atoms with Gasteiger partial charge in [-0.1, -0.05) is 64.9 Å². The van der Waals surface area contributed by atoms with Crippen molar-refractivity contribution in [2.75, 3.05) is 26.9 Å². The van der Waals surface area contributed by atoms with Gasteiger partial charge in [0.25, 0.3) is 0 Å². The molecular formula is C27H48O4. The molecule has 0 amide bonds. The van der Waals surface area contributed by atoms with Crippen molar-refractivity contribution in [2.45, 2.75) is 96.8 Å². The van der Waals surface area contributed by atoms with Crippen LogP contribution in [0.1, 0.15) is 96.8 Å². The Morgan fingerprint density at radius 1 is 0.968 bits per heavy atom. The highest BCUT2D eigenvalue weighted by Gasteiger charge is 2.31. The van der Waals surface area contributed by atoms with Crippen molar-refractivity contribution in [3.05, 3.63) is 12.2 Å². The number of methoxy groups -OCH3 is 1. The number of esters is 1. The molecule has 2 aliphatic carbocycles. The average Bonchev–Trinajstić information content (AvgIpc) is 2.80. The van der Waals surface area contributed by atoms with Crippen LogP contribution < -0.4 is 0 Å². The monoisotopic (exact) mass is 436 g/mol. The van der Waals surface area contributed by atoms with Gasteiger partial charge < -0.3 is 14.6 Å². The van der Waals surface area contributed by atoms with Gasteiger partial charge in [-0.25, -0.2) is 4.79 Å². The van der Waals surface area contributed by atoms with Crippen LogP contribution in [-0.4, -0.2) is 38.0 Å². The molecule has 0 radical (unpaired) electrons. The Morgan fingerprint density at radius 2 is 1.55 bits per heavy atom. The predicted molar refractivity (Wildman–Crippen MR) is 127 cm³/mol. The fourth-order valence-electron chi connectivity index (χ4n) is 5.81. The summed E-state index contributed by atoms with van der Waals surface area (Å²) in [6.07, 6.45) is 19.1. The van der Waals surface area contributed by atoms with E-state index in [4.69, 9.17) is 9.47 Å². The van der Waals surface area contributed by atoms with Gasteiger partial charge in [0.2, 0.25) is 0 Å². The van der Waals surface area contributed by atoms with E-state index >= 15 is 0 Å². The van der Waals surface area contributed by atoms with Gasteiger partial charge in [-0.15, -0.1) is 0 Å². The van der Waals surface area contributed by atoms with Crippen molar-refractivity contribution >= 4 is 5.97 Å². The molecule has 0 aromatic rings. The summed E-state index contributed by atoms with van der Waals surface area (Å²) in [5.41, 5.74) is 0.326. The fraction of sp³-hybridized carbons (Fsp3) is 0.889. The lowest BCUT2D eigenvalue weighted by atomic mass is 9.68. The van der Waals surface area contributed by atoms with Crippen molar-refractivity contribution in [2.24, 2.45) is 29.6 Å². The highest BCUT2D eigenvalue weighted by atomic mass is 16.5. The number of carbonyl (C=O) groups excluding carboxylic acids is 1. The number of aliphatic hydroxyl groups excluding tert-OH is 1. The Hall–Kier alpha value is -0.870. The summed E-state index contributed by atoms with van der Waals surface area (Å²) in [7, 11) is 1.53. The summed E-state index contributed by atoms with van der Waals surface area (Å²) in [4.78, 5) is 11.8. The Morgan fingerprint density at radius 3 is 2.06 bits per heavy atom. The normalized spacial score (nSPS) is 27.6. The number of carbonyl (C=O) groups is 1. The van der Waals surface area contributed by atoms with Crippen LogP contribution in [0.25, 0.3) is 0 Å². The highest BCUT2D eigenvalue weighted by molar-refractivity contribution is 5.87. The Labute approximate surface area is 191 Å². The van der Waals surface area contributed by atoms with Gasteiger partial charge in [-0.3, -0.25) is 0 Å². The van der Waals surface area contributed by atoms with Crippen LogP contribution in [0.4, 0.5) is 0 Å². The number of hydrogen-bond acceptors (Lipinski definition) is 4. The minimum absolute atomic E-state index is 0.0278. The van der Waals surface area contributed by atoms with Crippen LogP contribution in [0.3, 0.4) is 0 Å². The van der Waals surface area contributed by atoms with Gasteiger partial charge in [0.1, 0.15) is 0 Å². The maximum Gasteiger partial charge on any atom is 0.335 e. The Kier molecular flexibility index (Phi) is 12.8. The third-order valence-corrected chi connectivity index (χ3v) is 7.96. The lowest BCUT2D eigenvalue weighted by Crippen LogP contribution is -2.26. The molecule has 0 heterocycles. The van der Waals surface area contributed by atoms with Crippen molar-refractivity contribution in [3.63, 3.8) is 0 Å². The average molecular weight is 437 g/mol. The molecule has 31 heavy (non-hydrogen) atoms. The van der Waals surface area contributed by atoms with E-state index in [0.29, 0.717) is 5.57 Å².